The lowest BCUT2D eigenvalue weighted by molar-refractivity contribution is -0.117. The first-order chi connectivity index (χ1) is 10.9. The zero-order valence-electron chi connectivity index (χ0n) is 12.4. The Balaban J connectivity index is 1.77. The number of amides is 1. The van der Waals surface area contributed by atoms with Crippen LogP contribution < -0.4 is 5.32 Å². The Bertz CT molecular complexity index is 759. The molecule has 0 bridgehead atoms. The van der Waals surface area contributed by atoms with Crippen molar-refractivity contribution in [1.82, 2.24) is 0 Å². The van der Waals surface area contributed by atoms with Crippen molar-refractivity contribution < 1.29 is 9.59 Å². The predicted molar refractivity (Wildman–Crippen MR) is 92.2 cm³/mol. The SMILES string of the molecule is CC(=O)c1cccc(NC(=O)[C@H]2[C@H](c3ccccc3)C2(Cl)Cl)c1. The molecule has 0 heterocycles. The number of nitrogens with one attached hydrogen (secondary N) is 1. The molecule has 0 radical (unpaired) electrons. The van der Waals surface area contributed by atoms with Crippen LogP contribution in [0.15, 0.2) is 54.6 Å². The molecule has 1 aliphatic carbocycles. The molecule has 2 aromatic carbocycles. The Morgan fingerprint density at radius 1 is 1.04 bits per heavy atom. The molecule has 0 spiro atoms. The molecule has 1 amide bonds. The summed E-state index contributed by atoms with van der Waals surface area (Å²) in [5.41, 5.74) is 2.04. The number of halogens is 2. The van der Waals surface area contributed by atoms with Crippen molar-refractivity contribution in [3.05, 3.63) is 65.7 Å². The van der Waals surface area contributed by atoms with E-state index in [0.29, 0.717) is 11.3 Å². The lowest BCUT2D eigenvalue weighted by atomic mass is 10.1. The highest BCUT2D eigenvalue weighted by Crippen LogP contribution is 2.65. The summed E-state index contributed by atoms with van der Waals surface area (Å²) >= 11 is 12.6. The van der Waals surface area contributed by atoms with Crippen molar-refractivity contribution in [2.45, 2.75) is 17.2 Å². The zero-order chi connectivity index (χ0) is 16.6. The van der Waals surface area contributed by atoms with Gasteiger partial charge in [-0.2, -0.15) is 0 Å². The van der Waals surface area contributed by atoms with Gasteiger partial charge in [0, 0.05) is 17.2 Å². The number of Topliss-reactive ketones (excluding diaryl/α,β-unsaturated/α-hetero) is 1. The molecule has 1 fully saturated rings. The van der Waals surface area contributed by atoms with Crippen LogP contribution >= 0.6 is 23.2 Å². The number of carbonyl (C=O) groups is 2. The average Bonchev–Trinajstić information content (AvgIpc) is 3.11. The van der Waals surface area contributed by atoms with Gasteiger partial charge in [-0.1, -0.05) is 42.5 Å². The summed E-state index contributed by atoms with van der Waals surface area (Å²) in [6.45, 7) is 1.48. The normalized spacial score (nSPS) is 21.5. The molecule has 23 heavy (non-hydrogen) atoms. The molecule has 0 saturated heterocycles. The number of benzene rings is 2. The third-order valence-electron chi connectivity index (χ3n) is 4.03. The summed E-state index contributed by atoms with van der Waals surface area (Å²) in [6, 6.07) is 16.3. The van der Waals surface area contributed by atoms with Gasteiger partial charge >= 0.3 is 0 Å². The molecular weight excluding hydrogens is 333 g/mol. The van der Waals surface area contributed by atoms with E-state index in [2.05, 4.69) is 5.32 Å². The second kappa shape index (κ2) is 5.99. The fourth-order valence-corrected chi connectivity index (χ4v) is 3.59. The molecule has 0 unspecified atom stereocenters. The maximum absolute atomic E-state index is 12.5. The van der Waals surface area contributed by atoms with Crippen LogP contribution in [0.25, 0.3) is 0 Å². The summed E-state index contributed by atoms with van der Waals surface area (Å²) in [4.78, 5) is 23.9. The molecule has 118 valence electrons. The van der Waals surface area contributed by atoms with Crippen LogP contribution in [-0.4, -0.2) is 16.0 Å². The van der Waals surface area contributed by atoms with E-state index in [0.717, 1.165) is 5.56 Å². The highest BCUT2D eigenvalue weighted by Gasteiger charge is 2.67. The van der Waals surface area contributed by atoms with Gasteiger partial charge < -0.3 is 5.32 Å². The van der Waals surface area contributed by atoms with Crippen LogP contribution in [0, 0.1) is 5.92 Å². The van der Waals surface area contributed by atoms with Crippen LogP contribution in [0.3, 0.4) is 0 Å². The molecule has 2 atom stereocenters. The molecular formula is C18H15Cl2NO2. The third kappa shape index (κ3) is 3.12. The van der Waals surface area contributed by atoms with E-state index in [1.54, 1.807) is 24.3 Å². The number of hydrogen-bond donors (Lipinski definition) is 1. The molecule has 1 N–H and O–H groups in total. The fourth-order valence-electron chi connectivity index (χ4n) is 2.76. The summed E-state index contributed by atoms with van der Waals surface area (Å²) < 4.78 is -1.11. The van der Waals surface area contributed by atoms with Gasteiger partial charge in [-0.25, -0.2) is 0 Å². The first kappa shape index (κ1) is 16.0. The van der Waals surface area contributed by atoms with Crippen molar-refractivity contribution >= 4 is 40.6 Å². The number of hydrogen-bond acceptors (Lipinski definition) is 2. The molecule has 2 aromatic rings. The number of rotatable bonds is 4. The van der Waals surface area contributed by atoms with E-state index in [9.17, 15) is 9.59 Å². The van der Waals surface area contributed by atoms with E-state index in [1.807, 2.05) is 30.3 Å². The quantitative estimate of drug-likeness (QED) is 0.657. The van der Waals surface area contributed by atoms with Crippen molar-refractivity contribution in [3.63, 3.8) is 0 Å². The summed E-state index contributed by atoms with van der Waals surface area (Å²) in [5.74, 6) is -1.06. The molecule has 1 aliphatic rings. The van der Waals surface area contributed by atoms with Crippen LogP contribution in [0.2, 0.25) is 0 Å². The number of carbonyl (C=O) groups excluding carboxylic acids is 2. The van der Waals surface area contributed by atoms with E-state index >= 15 is 0 Å². The van der Waals surface area contributed by atoms with Crippen LogP contribution in [-0.2, 0) is 4.79 Å². The number of ketones is 1. The minimum Gasteiger partial charge on any atom is -0.326 e. The maximum Gasteiger partial charge on any atom is 0.231 e. The predicted octanol–water partition coefficient (Wildman–Crippen LogP) is 4.42. The standard InChI is InChI=1S/C18H15Cl2NO2/c1-11(22)13-8-5-9-14(10-13)21-17(23)16-15(18(16,19)20)12-6-3-2-4-7-12/h2-10,15-16H,1H3,(H,21,23)/t15-,16+/m0/s1. The molecule has 3 rings (SSSR count). The highest BCUT2D eigenvalue weighted by molar-refractivity contribution is 6.53. The van der Waals surface area contributed by atoms with E-state index < -0.39 is 10.3 Å². The minimum absolute atomic E-state index is 0.0567. The Kier molecular flexibility index (Phi) is 4.17. The monoisotopic (exact) mass is 347 g/mol. The Morgan fingerprint density at radius 3 is 2.39 bits per heavy atom. The van der Waals surface area contributed by atoms with Gasteiger partial charge in [0.1, 0.15) is 4.33 Å². The molecule has 5 heteroatoms. The average molecular weight is 348 g/mol. The first-order valence-corrected chi connectivity index (χ1v) is 8.01. The molecule has 0 aliphatic heterocycles. The minimum atomic E-state index is -1.11. The fraction of sp³-hybridized carbons (Fsp3) is 0.222. The van der Waals surface area contributed by atoms with Crippen molar-refractivity contribution in [2.24, 2.45) is 5.92 Å². The largest absolute Gasteiger partial charge is 0.326 e. The molecule has 0 aromatic heterocycles. The first-order valence-electron chi connectivity index (χ1n) is 7.26. The van der Waals surface area contributed by atoms with Gasteiger partial charge in [-0.15, -0.1) is 23.2 Å². The van der Waals surface area contributed by atoms with E-state index in [-0.39, 0.29) is 17.6 Å². The smallest absolute Gasteiger partial charge is 0.231 e. The Labute approximate surface area is 144 Å². The highest BCUT2D eigenvalue weighted by atomic mass is 35.5. The summed E-state index contributed by atoms with van der Waals surface area (Å²) in [6.07, 6.45) is 0. The van der Waals surface area contributed by atoms with Gasteiger partial charge in [0.25, 0.3) is 0 Å². The lowest BCUT2D eigenvalue weighted by Gasteiger charge is -2.06. The summed E-state index contributed by atoms with van der Waals surface area (Å²) in [5, 5.41) is 2.79. The lowest BCUT2D eigenvalue weighted by Crippen LogP contribution is -2.17. The zero-order valence-corrected chi connectivity index (χ0v) is 13.9. The van der Waals surface area contributed by atoms with Gasteiger partial charge in [-0.05, 0) is 24.6 Å². The van der Waals surface area contributed by atoms with Gasteiger partial charge in [-0.3, -0.25) is 9.59 Å². The van der Waals surface area contributed by atoms with Gasteiger partial charge in [0.05, 0.1) is 5.92 Å². The molecule has 1 saturated carbocycles. The Morgan fingerprint density at radius 2 is 1.74 bits per heavy atom. The third-order valence-corrected chi connectivity index (χ3v) is 4.97. The topological polar surface area (TPSA) is 46.2 Å². The van der Waals surface area contributed by atoms with Crippen LogP contribution in [0.1, 0.15) is 28.8 Å². The van der Waals surface area contributed by atoms with Crippen LogP contribution in [0.4, 0.5) is 5.69 Å². The number of anilines is 1. The number of alkyl halides is 2. The van der Waals surface area contributed by atoms with Crippen molar-refractivity contribution in [3.8, 4) is 0 Å². The molecule has 3 nitrogen and oxygen atoms in total. The van der Waals surface area contributed by atoms with Crippen LogP contribution in [0.5, 0.6) is 0 Å². The van der Waals surface area contributed by atoms with E-state index in [4.69, 9.17) is 23.2 Å². The van der Waals surface area contributed by atoms with Gasteiger partial charge in [0.2, 0.25) is 5.91 Å². The van der Waals surface area contributed by atoms with Gasteiger partial charge in [0.15, 0.2) is 5.78 Å². The Hall–Kier alpha value is -1.84. The van der Waals surface area contributed by atoms with Crippen molar-refractivity contribution in [1.29, 1.82) is 0 Å². The van der Waals surface area contributed by atoms with E-state index in [1.165, 1.54) is 6.92 Å². The maximum atomic E-state index is 12.5. The van der Waals surface area contributed by atoms with Crippen molar-refractivity contribution in [2.75, 3.05) is 5.32 Å². The second-order valence-corrected chi connectivity index (χ2v) is 7.11. The summed E-state index contributed by atoms with van der Waals surface area (Å²) in [7, 11) is 0. The second-order valence-electron chi connectivity index (χ2n) is 5.67.